The van der Waals surface area contributed by atoms with Gasteiger partial charge in [0.1, 0.15) is 0 Å². The van der Waals surface area contributed by atoms with Gasteiger partial charge in [-0.1, -0.05) is 0 Å². The van der Waals surface area contributed by atoms with Crippen LogP contribution in [0.1, 0.15) is 5.82 Å². The van der Waals surface area contributed by atoms with E-state index in [1.165, 1.54) is 0 Å². The van der Waals surface area contributed by atoms with Crippen molar-refractivity contribution in [3.05, 3.63) is 5.82 Å². The Bertz CT molecular complexity index is 358. The van der Waals surface area contributed by atoms with Crippen LogP contribution < -0.4 is 10.8 Å². The lowest BCUT2D eigenvalue weighted by Gasteiger charge is -2.02. The van der Waals surface area contributed by atoms with E-state index in [0.29, 0.717) is 4.68 Å². The molecule has 78 valence electrons. The van der Waals surface area contributed by atoms with Crippen LogP contribution in [0.2, 0.25) is 0 Å². The van der Waals surface area contributed by atoms with Gasteiger partial charge < -0.3 is 15.6 Å². The van der Waals surface area contributed by atoms with E-state index in [-0.39, 0.29) is 0 Å². The minimum atomic E-state index is -4.74. The minimum absolute atomic E-state index is 0.401. The Labute approximate surface area is 75.1 Å². The maximum atomic E-state index is 12.0. The Morgan fingerprint density at radius 2 is 2.14 bits per heavy atom. The van der Waals surface area contributed by atoms with Gasteiger partial charge in [-0.25, -0.2) is 4.68 Å². The van der Waals surface area contributed by atoms with E-state index in [4.69, 9.17) is 5.73 Å². The second-order valence-corrected chi connectivity index (χ2v) is 2.32. The molecular formula is C5H4F3N4O2-. The van der Waals surface area contributed by atoms with Crippen molar-refractivity contribution in [3.8, 4) is 0 Å². The van der Waals surface area contributed by atoms with Gasteiger partial charge in [-0.3, -0.25) is 0 Å². The number of rotatable bonds is 2. The van der Waals surface area contributed by atoms with E-state index >= 15 is 0 Å². The predicted octanol–water partition coefficient (Wildman–Crippen LogP) is -1.37. The quantitative estimate of drug-likeness (QED) is 0.648. The number of nitrogen functional groups attached to an aromatic ring is 1. The number of nitrogens with two attached hydrogens (primary N) is 1. The van der Waals surface area contributed by atoms with Crippen LogP contribution in [0.4, 0.5) is 19.1 Å². The van der Waals surface area contributed by atoms with E-state index in [9.17, 15) is 23.1 Å². The molecule has 0 unspecified atom stereocenters. The SMILES string of the molecule is Nc1nc(C(F)(F)F)nn1CC(=O)[O-]. The number of anilines is 1. The molecule has 6 nitrogen and oxygen atoms in total. The second kappa shape index (κ2) is 3.16. The molecule has 9 heteroatoms. The summed E-state index contributed by atoms with van der Waals surface area (Å²) in [4.78, 5) is 12.9. The summed E-state index contributed by atoms with van der Waals surface area (Å²) in [5, 5.41) is 12.9. The van der Waals surface area contributed by atoms with Crippen molar-refractivity contribution in [3.63, 3.8) is 0 Å². The number of carbonyl (C=O) groups excluding carboxylic acids is 1. The monoisotopic (exact) mass is 209 g/mol. The lowest BCUT2D eigenvalue weighted by atomic mass is 10.6. The van der Waals surface area contributed by atoms with Gasteiger partial charge in [0, 0.05) is 0 Å². The second-order valence-electron chi connectivity index (χ2n) is 2.32. The van der Waals surface area contributed by atoms with Crippen molar-refractivity contribution in [1.29, 1.82) is 0 Å². The third-order valence-corrected chi connectivity index (χ3v) is 1.23. The Morgan fingerprint density at radius 1 is 1.57 bits per heavy atom. The first-order chi connectivity index (χ1) is 6.30. The van der Waals surface area contributed by atoms with Crippen LogP contribution in [0.5, 0.6) is 0 Å². The van der Waals surface area contributed by atoms with E-state index in [1.54, 1.807) is 0 Å². The number of hydrogen-bond donors (Lipinski definition) is 1. The fourth-order valence-electron chi connectivity index (χ4n) is 0.713. The van der Waals surface area contributed by atoms with Gasteiger partial charge in [0.25, 0.3) is 5.82 Å². The summed E-state index contributed by atoms with van der Waals surface area (Å²) in [6.07, 6.45) is -4.74. The van der Waals surface area contributed by atoms with Gasteiger partial charge in [-0.05, 0) is 0 Å². The normalized spacial score (nSPS) is 11.6. The molecule has 0 saturated heterocycles. The molecule has 0 aliphatic carbocycles. The number of carbonyl (C=O) groups is 1. The highest BCUT2D eigenvalue weighted by molar-refractivity contribution is 5.64. The van der Waals surface area contributed by atoms with Crippen molar-refractivity contribution < 1.29 is 23.1 Å². The van der Waals surface area contributed by atoms with Gasteiger partial charge in [0.2, 0.25) is 5.95 Å². The number of halogens is 3. The molecule has 0 bridgehead atoms. The van der Waals surface area contributed by atoms with Crippen LogP contribution in [-0.4, -0.2) is 20.7 Å². The fraction of sp³-hybridized carbons (Fsp3) is 0.400. The van der Waals surface area contributed by atoms with Gasteiger partial charge in [0.05, 0.1) is 12.5 Å². The van der Waals surface area contributed by atoms with Crippen molar-refractivity contribution in [2.75, 3.05) is 5.73 Å². The molecule has 1 aromatic heterocycles. The van der Waals surface area contributed by atoms with Crippen LogP contribution in [0.25, 0.3) is 0 Å². The van der Waals surface area contributed by atoms with Crippen molar-refractivity contribution >= 4 is 11.9 Å². The first-order valence-corrected chi connectivity index (χ1v) is 3.28. The smallest absolute Gasteiger partial charge is 0.453 e. The van der Waals surface area contributed by atoms with Crippen LogP contribution in [0.15, 0.2) is 0 Å². The van der Waals surface area contributed by atoms with Crippen molar-refractivity contribution in [2.45, 2.75) is 12.7 Å². The molecule has 0 fully saturated rings. The van der Waals surface area contributed by atoms with E-state index in [2.05, 4.69) is 10.1 Å². The fourth-order valence-corrected chi connectivity index (χ4v) is 0.713. The molecule has 1 rings (SSSR count). The highest BCUT2D eigenvalue weighted by Crippen LogP contribution is 2.26. The van der Waals surface area contributed by atoms with Gasteiger partial charge in [0.15, 0.2) is 0 Å². The Balaban J connectivity index is 2.99. The Morgan fingerprint density at radius 3 is 2.50 bits per heavy atom. The first-order valence-electron chi connectivity index (χ1n) is 3.28. The lowest BCUT2D eigenvalue weighted by molar-refractivity contribution is -0.306. The highest BCUT2D eigenvalue weighted by atomic mass is 19.4. The molecule has 1 aromatic rings. The molecule has 0 aliphatic heterocycles. The molecule has 0 aliphatic rings. The third-order valence-electron chi connectivity index (χ3n) is 1.23. The average molecular weight is 209 g/mol. The molecule has 14 heavy (non-hydrogen) atoms. The largest absolute Gasteiger partial charge is 0.548 e. The molecule has 0 aromatic carbocycles. The minimum Gasteiger partial charge on any atom is -0.548 e. The average Bonchev–Trinajstić information content (AvgIpc) is 2.30. The number of alkyl halides is 3. The number of nitrogens with zero attached hydrogens (tertiary/aromatic N) is 3. The van der Waals surface area contributed by atoms with Crippen molar-refractivity contribution in [1.82, 2.24) is 14.8 Å². The molecule has 2 N–H and O–H groups in total. The molecule has 0 atom stereocenters. The van der Waals surface area contributed by atoms with E-state index in [1.807, 2.05) is 0 Å². The molecule has 0 amide bonds. The summed E-state index contributed by atoms with van der Waals surface area (Å²) >= 11 is 0. The summed E-state index contributed by atoms with van der Waals surface area (Å²) in [5.41, 5.74) is 4.98. The first kappa shape index (κ1) is 10.3. The zero-order chi connectivity index (χ0) is 10.9. The molecule has 0 spiro atoms. The van der Waals surface area contributed by atoms with Crippen LogP contribution >= 0.6 is 0 Å². The zero-order valence-electron chi connectivity index (χ0n) is 6.58. The number of hydrogen-bond acceptors (Lipinski definition) is 5. The standard InChI is InChI=1S/C5H5F3N4O2/c6-5(7,8)3-10-4(9)12(11-3)1-2(13)14/h1H2,(H,13,14)(H2,9,10,11)/p-1. The van der Waals surface area contributed by atoms with Gasteiger partial charge >= 0.3 is 6.18 Å². The number of carboxylic acid groups (broad SMARTS) is 1. The van der Waals surface area contributed by atoms with Crippen LogP contribution in [0.3, 0.4) is 0 Å². The summed E-state index contributed by atoms with van der Waals surface area (Å²) in [7, 11) is 0. The van der Waals surface area contributed by atoms with E-state index < -0.39 is 30.5 Å². The molecule has 0 radical (unpaired) electrons. The van der Waals surface area contributed by atoms with E-state index in [0.717, 1.165) is 0 Å². The number of aliphatic carboxylic acids is 1. The highest BCUT2D eigenvalue weighted by Gasteiger charge is 2.36. The molecule has 0 saturated carbocycles. The topological polar surface area (TPSA) is 96.9 Å². The lowest BCUT2D eigenvalue weighted by Crippen LogP contribution is -2.28. The Kier molecular flexibility index (Phi) is 2.32. The van der Waals surface area contributed by atoms with Crippen molar-refractivity contribution in [2.24, 2.45) is 0 Å². The third kappa shape index (κ3) is 2.12. The summed E-state index contributed by atoms with van der Waals surface area (Å²) in [6, 6.07) is 0. The summed E-state index contributed by atoms with van der Waals surface area (Å²) in [6.45, 7) is -0.866. The maximum absolute atomic E-state index is 12.0. The van der Waals surface area contributed by atoms with Crippen LogP contribution in [0, 0.1) is 0 Å². The Hall–Kier alpha value is -1.80. The number of aromatic nitrogens is 3. The zero-order valence-corrected chi connectivity index (χ0v) is 6.58. The number of carboxylic acids is 1. The predicted molar refractivity (Wildman–Crippen MR) is 34.4 cm³/mol. The summed E-state index contributed by atoms with van der Waals surface area (Å²) < 4.78 is 36.3. The maximum Gasteiger partial charge on any atom is 0.453 e. The van der Waals surface area contributed by atoms with Gasteiger partial charge in [-0.2, -0.15) is 18.2 Å². The van der Waals surface area contributed by atoms with Gasteiger partial charge in [-0.15, -0.1) is 5.10 Å². The molecule has 1 heterocycles. The van der Waals surface area contributed by atoms with Crippen LogP contribution in [-0.2, 0) is 17.5 Å². The molecular weight excluding hydrogens is 205 g/mol. The summed E-state index contributed by atoms with van der Waals surface area (Å²) in [5.74, 6) is -3.70.